The normalized spacial score (nSPS) is 26.9. The molecule has 0 saturated carbocycles. The van der Waals surface area contributed by atoms with Gasteiger partial charge in [0.25, 0.3) is 0 Å². The van der Waals surface area contributed by atoms with Crippen molar-refractivity contribution in [2.45, 2.75) is 25.3 Å². The molecule has 1 fully saturated rings. The number of allylic oxidation sites excluding steroid dienone is 1. The van der Waals surface area contributed by atoms with Gasteiger partial charge in [0, 0.05) is 36.0 Å². The number of nitrogens with zero attached hydrogens (tertiary/aromatic N) is 1. The minimum Gasteiger partial charge on any atom is -0.504 e. The van der Waals surface area contributed by atoms with E-state index in [1.165, 1.54) is 12.1 Å². The Kier molecular flexibility index (Phi) is 4.31. The summed E-state index contributed by atoms with van der Waals surface area (Å²) < 4.78 is 0. The van der Waals surface area contributed by atoms with E-state index in [0.29, 0.717) is 30.0 Å². The van der Waals surface area contributed by atoms with E-state index in [2.05, 4.69) is 0 Å². The summed E-state index contributed by atoms with van der Waals surface area (Å²) in [4.78, 5) is 24.8. The molecule has 23 heavy (non-hydrogen) atoms. The van der Waals surface area contributed by atoms with Crippen molar-refractivity contribution in [2.24, 2.45) is 11.8 Å². The molecule has 122 valence electrons. The van der Waals surface area contributed by atoms with Crippen LogP contribution in [0, 0.1) is 11.8 Å². The number of carbonyl (C=O) groups excluding carboxylic acids is 2. The van der Waals surface area contributed by atoms with Gasteiger partial charge < -0.3 is 15.1 Å². The van der Waals surface area contributed by atoms with Gasteiger partial charge in [0.15, 0.2) is 17.3 Å². The van der Waals surface area contributed by atoms with Gasteiger partial charge >= 0.3 is 0 Å². The number of hydrogen-bond donors (Lipinski definition) is 2. The van der Waals surface area contributed by atoms with Crippen molar-refractivity contribution in [3.63, 3.8) is 0 Å². The zero-order chi connectivity index (χ0) is 16.6. The fourth-order valence-electron chi connectivity index (χ4n) is 3.64. The van der Waals surface area contributed by atoms with Gasteiger partial charge in [0.2, 0.25) is 6.41 Å². The topological polar surface area (TPSA) is 77.8 Å². The molecule has 5 nitrogen and oxygen atoms in total. The number of halogens is 1. The first-order chi connectivity index (χ1) is 11.0. The van der Waals surface area contributed by atoms with Gasteiger partial charge in [-0.2, -0.15) is 0 Å². The second kappa shape index (κ2) is 6.24. The number of benzene rings is 1. The van der Waals surface area contributed by atoms with Crippen LogP contribution in [-0.2, 0) is 16.0 Å². The van der Waals surface area contributed by atoms with E-state index in [0.717, 1.165) is 12.8 Å². The molecule has 2 N–H and O–H groups in total. The Bertz CT molecular complexity index is 673. The van der Waals surface area contributed by atoms with Crippen LogP contribution in [0.5, 0.6) is 11.5 Å². The zero-order valence-corrected chi connectivity index (χ0v) is 13.2. The summed E-state index contributed by atoms with van der Waals surface area (Å²) in [7, 11) is 0. The zero-order valence-electron chi connectivity index (χ0n) is 12.5. The third-order valence-corrected chi connectivity index (χ3v) is 5.20. The first kappa shape index (κ1) is 15.9. The molecule has 1 amide bonds. The quantitative estimate of drug-likeness (QED) is 0.656. The van der Waals surface area contributed by atoms with E-state index in [-0.39, 0.29) is 35.2 Å². The maximum atomic E-state index is 11.6. The second-order valence-electron chi connectivity index (χ2n) is 6.20. The Morgan fingerprint density at radius 3 is 2.78 bits per heavy atom. The van der Waals surface area contributed by atoms with Crippen LogP contribution in [0.3, 0.4) is 0 Å². The maximum Gasteiger partial charge on any atom is 0.209 e. The number of rotatable bonds is 3. The van der Waals surface area contributed by atoms with Crippen molar-refractivity contribution in [1.82, 2.24) is 4.90 Å². The van der Waals surface area contributed by atoms with Crippen molar-refractivity contribution >= 4 is 23.8 Å². The molecule has 1 aromatic rings. The summed E-state index contributed by atoms with van der Waals surface area (Å²) in [5.41, 5.74) is 0.671. The van der Waals surface area contributed by atoms with Crippen LogP contribution >= 0.6 is 11.6 Å². The molecule has 1 aromatic carbocycles. The summed E-state index contributed by atoms with van der Waals surface area (Å²) in [6, 6.07) is 2.62. The van der Waals surface area contributed by atoms with Crippen molar-refractivity contribution < 1.29 is 19.8 Å². The fourth-order valence-corrected chi connectivity index (χ4v) is 3.87. The summed E-state index contributed by atoms with van der Waals surface area (Å²) in [6.45, 7) is 0.609. The van der Waals surface area contributed by atoms with Crippen LogP contribution in [-0.4, -0.2) is 39.9 Å². The minimum absolute atomic E-state index is 0.0960. The third-order valence-electron chi connectivity index (χ3n) is 4.85. The molecule has 1 aliphatic heterocycles. The van der Waals surface area contributed by atoms with Gasteiger partial charge in [-0.1, -0.05) is 17.7 Å². The highest BCUT2D eigenvalue weighted by atomic mass is 35.5. The van der Waals surface area contributed by atoms with Crippen molar-refractivity contribution in [2.75, 3.05) is 6.54 Å². The molecule has 1 aliphatic carbocycles. The van der Waals surface area contributed by atoms with Gasteiger partial charge in [-0.25, -0.2) is 0 Å². The van der Waals surface area contributed by atoms with Crippen molar-refractivity contribution in [3.8, 4) is 11.5 Å². The lowest BCUT2D eigenvalue weighted by molar-refractivity contribution is -0.124. The first-order valence-electron chi connectivity index (χ1n) is 7.62. The molecule has 2 aliphatic rings. The first-order valence-corrected chi connectivity index (χ1v) is 8.00. The second-order valence-corrected chi connectivity index (χ2v) is 6.61. The van der Waals surface area contributed by atoms with E-state index in [1.807, 2.05) is 6.08 Å². The average molecular weight is 336 g/mol. The van der Waals surface area contributed by atoms with Crippen molar-refractivity contribution in [1.29, 1.82) is 0 Å². The highest BCUT2D eigenvalue weighted by molar-refractivity contribution is 6.31. The number of amides is 1. The van der Waals surface area contributed by atoms with E-state index in [4.69, 9.17) is 11.6 Å². The summed E-state index contributed by atoms with van der Waals surface area (Å²) in [5, 5.41) is 19.5. The molecule has 3 rings (SSSR count). The number of phenolic OH excluding ortho intramolecular Hbond substituents is 2. The summed E-state index contributed by atoms with van der Waals surface area (Å²) >= 11 is 6.16. The molecular formula is C17H18ClNO4. The molecule has 1 saturated heterocycles. The predicted octanol–water partition coefficient (Wildman–Crippen LogP) is 2.29. The molecule has 6 heteroatoms. The average Bonchev–Trinajstić information content (AvgIpc) is 2.52. The van der Waals surface area contributed by atoms with Crippen LogP contribution in [0.2, 0.25) is 5.02 Å². The number of likely N-dealkylation sites (tertiary alicyclic amines) is 1. The SMILES string of the molecule is O=CN1CCC2CC(=O)C=CC2[C@H]1Cc1cc(O)c(O)cc1Cl. The van der Waals surface area contributed by atoms with E-state index >= 15 is 0 Å². The number of carbonyl (C=O) groups is 2. The van der Waals surface area contributed by atoms with Crippen LogP contribution in [0.4, 0.5) is 0 Å². The summed E-state index contributed by atoms with van der Waals surface area (Å²) in [6.07, 6.45) is 6.11. The lowest BCUT2D eigenvalue weighted by atomic mass is 9.72. The number of piperidine rings is 1. The van der Waals surface area contributed by atoms with Gasteiger partial charge in [-0.15, -0.1) is 0 Å². The molecule has 0 bridgehead atoms. The van der Waals surface area contributed by atoms with E-state index < -0.39 is 0 Å². The molecule has 2 unspecified atom stereocenters. The minimum atomic E-state index is -0.268. The third kappa shape index (κ3) is 3.06. The Morgan fingerprint density at radius 1 is 1.30 bits per heavy atom. The lowest BCUT2D eigenvalue weighted by Gasteiger charge is -2.44. The number of fused-ring (bicyclic) bond motifs is 1. The number of aromatic hydroxyl groups is 2. The molecule has 3 atom stereocenters. The highest BCUT2D eigenvalue weighted by Gasteiger charge is 2.38. The predicted molar refractivity (Wildman–Crippen MR) is 85.4 cm³/mol. The Hall–Kier alpha value is -2.01. The largest absolute Gasteiger partial charge is 0.504 e. The van der Waals surface area contributed by atoms with Crippen LogP contribution in [0.25, 0.3) is 0 Å². The highest BCUT2D eigenvalue weighted by Crippen LogP contribution is 2.38. The molecule has 0 aromatic heterocycles. The maximum absolute atomic E-state index is 11.6. The van der Waals surface area contributed by atoms with Crippen LogP contribution < -0.4 is 0 Å². The standard InChI is InChI=1S/C17H18ClNO4/c18-14-8-17(23)16(22)7-11(14)6-15-13-2-1-12(21)5-10(13)3-4-19(15)9-20/h1-2,7-10,13,15,22-23H,3-6H2/t10?,13?,15-/m1/s1. The molecule has 0 radical (unpaired) electrons. The van der Waals surface area contributed by atoms with Gasteiger partial charge in [0.05, 0.1) is 0 Å². The smallest absolute Gasteiger partial charge is 0.209 e. The Balaban J connectivity index is 1.91. The number of ketones is 1. The van der Waals surface area contributed by atoms with Gasteiger partial charge in [-0.05, 0) is 36.5 Å². The number of phenols is 2. The number of hydrogen-bond acceptors (Lipinski definition) is 4. The summed E-state index contributed by atoms with van der Waals surface area (Å²) in [5.74, 6) is -0.0406. The monoisotopic (exact) mass is 335 g/mol. The fraction of sp³-hybridized carbons (Fsp3) is 0.412. The molecular weight excluding hydrogens is 318 g/mol. The molecule has 1 heterocycles. The van der Waals surface area contributed by atoms with Crippen molar-refractivity contribution in [3.05, 3.63) is 34.9 Å². The van der Waals surface area contributed by atoms with Gasteiger partial charge in [0.1, 0.15) is 0 Å². The van der Waals surface area contributed by atoms with E-state index in [1.54, 1.807) is 11.0 Å². The van der Waals surface area contributed by atoms with Gasteiger partial charge in [-0.3, -0.25) is 9.59 Å². The molecule has 0 spiro atoms. The van der Waals surface area contributed by atoms with Crippen LogP contribution in [0.15, 0.2) is 24.3 Å². The van der Waals surface area contributed by atoms with E-state index in [9.17, 15) is 19.8 Å². The Labute approximate surface area is 139 Å². The Morgan fingerprint density at radius 2 is 2.04 bits per heavy atom. The van der Waals surface area contributed by atoms with Crippen LogP contribution in [0.1, 0.15) is 18.4 Å². The lowest BCUT2D eigenvalue weighted by Crippen LogP contribution is -2.50.